The Hall–Kier alpha value is -8.92. The largest absolute Gasteiger partial charge is 0.493 e. The van der Waals surface area contributed by atoms with Gasteiger partial charge in [0.1, 0.15) is 84.0 Å². The minimum absolute atomic E-state index is 0.238. The molecule has 0 saturated carbocycles. The van der Waals surface area contributed by atoms with Gasteiger partial charge in [0, 0.05) is 55.5 Å². The second kappa shape index (κ2) is 35.2. The number of anilines is 2. The zero-order valence-corrected chi connectivity index (χ0v) is 69.0. The van der Waals surface area contributed by atoms with Crippen LogP contribution in [0, 0.1) is 36.8 Å². The predicted molar refractivity (Wildman–Crippen MR) is 424 cm³/mol. The molecule has 0 bridgehead atoms. The van der Waals surface area contributed by atoms with Gasteiger partial charge in [0.05, 0.1) is 31.2 Å². The van der Waals surface area contributed by atoms with Gasteiger partial charge >= 0.3 is 19.3 Å². The zero-order valence-electron chi connectivity index (χ0n) is 65.4. The molecule has 2 unspecified atom stereocenters. The Kier molecular flexibility index (Phi) is 28.5. The van der Waals surface area contributed by atoms with Crippen LogP contribution < -0.4 is 25.6 Å². The van der Waals surface area contributed by atoms with E-state index in [0.29, 0.717) is 72.4 Å². The van der Waals surface area contributed by atoms with Crippen LogP contribution in [0.5, 0.6) is 11.8 Å². The Balaban J connectivity index is 0.000000286. The number of pyridine rings is 6. The number of nitrogens with one attached hydrogen (secondary N) is 2. The molecule has 2 atom stereocenters. The first-order chi connectivity index (χ1) is 48.5. The molecule has 0 radical (unpaired) electrons. The maximum atomic E-state index is 13.5. The fourth-order valence-corrected chi connectivity index (χ4v) is 24.1. The standard InChI is InChI=1S/C39H52N6O4Si.C33H46BrN5O3Si.C6H8BNO3/c1-24(2)50(25(3)4,26(5)6)22-19-31-29(16-17-32(41-31)42-36(46)28(8)44(12)38(47)49-39(9,10)11)35-34(30-15-14-20-40-37(30)48-13)43-33-23-27(7)18-21-45(33)35;1-20(2)43(21(3)4,22(5)6)18-16-26-25(29-30(34)37-28-19-23(7)15-17-39(28)29)13-14-27(35-26)36-31(40)24(8)38(12)32(41)42-33(9,10)11;1-11-6-5(7(9)10)3-2-4-8-6/h14-18,20-21,23-26,28H,1-13H3,(H,41,42,46);13-15,17,19-22,24H,1-12H3,(H,35,36,40);2-4,9-10H,1H3. The topological polar surface area (TPSA) is 262 Å². The summed E-state index contributed by atoms with van der Waals surface area (Å²) in [5.41, 5.74) is 18.5. The Labute approximate surface area is 625 Å². The third-order valence-corrected chi connectivity index (χ3v) is 31.8. The van der Waals surface area contributed by atoms with Crippen LogP contribution in [0.4, 0.5) is 21.2 Å². The molecular weight excluding hydrogens is 1410 g/mol. The summed E-state index contributed by atoms with van der Waals surface area (Å²) in [4.78, 5) is 82.5. The van der Waals surface area contributed by atoms with E-state index in [1.807, 2.05) is 83.6 Å². The molecule has 556 valence electrons. The monoisotopic (exact) mass is 1520 g/mol. The Morgan fingerprint density at radius 3 is 1.31 bits per heavy atom. The number of carbonyl (C=O) groups excluding carboxylic acids is 4. The molecule has 26 heteroatoms. The van der Waals surface area contributed by atoms with E-state index in [2.05, 4.69) is 143 Å². The lowest BCUT2D eigenvalue weighted by molar-refractivity contribution is -0.121. The molecule has 22 nitrogen and oxygen atoms in total. The van der Waals surface area contributed by atoms with Gasteiger partial charge in [-0.3, -0.25) is 28.2 Å². The van der Waals surface area contributed by atoms with Gasteiger partial charge in [0.15, 0.2) is 0 Å². The first kappa shape index (κ1) is 84.0. The van der Waals surface area contributed by atoms with Crippen LogP contribution >= 0.6 is 15.9 Å². The summed E-state index contributed by atoms with van der Waals surface area (Å²) in [5, 5.41) is 23.3. The van der Waals surface area contributed by atoms with Crippen molar-refractivity contribution >= 4 is 91.6 Å². The SMILES string of the molecule is COc1ncccc1-c1nc2cc(C)ccn2c1-c1ccc(NC(=O)C(C)N(C)C(=O)OC(C)(C)C)nc1C#C[Si](C(C)C)(C(C)C)C(C)C.COc1ncccc1B(O)O.Cc1ccn2c(-c3ccc(NC(=O)C(C)N(C)C(=O)OC(C)(C)C)nc3C#C[Si](C(C)C)(C(C)C)C(C)C)c(Br)nc2c1. The van der Waals surface area contributed by atoms with Crippen molar-refractivity contribution < 1.29 is 48.2 Å². The van der Waals surface area contributed by atoms with Gasteiger partial charge in [-0.1, -0.05) is 101 Å². The van der Waals surface area contributed by atoms with Crippen LogP contribution in [0.1, 0.15) is 161 Å². The first-order valence-electron chi connectivity index (χ1n) is 35.1. The minimum Gasteiger partial charge on any atom is -0.481 e. The quantitative estimate of drug-likeness (QED) is 0.0460. The summed E-state index contributed by atoms with van der Waals surface area (Å²) in [6.07, 6.45) is 6.03. The summed E-state index contributed by atoms with van der Waals surface area (Å²) in [6, 6.07) is 20.8. The van der Waals surface area contributed by atoms with Crippen molar-refractivity contribution in [3.63, 3.8) is 0 Å². The number of nitrogens with zero attached hydrogens (tertiary/aromatic N) is 10. The van der Waals surface area contributed by atoms with Crippen molar-refractivity contribution in [3.05, 3.63) is 125 Å². The maximum absolute atomic E-state index is 13.5. The van der Waals surface area contributed by atoms with E-state index in [4.69, 9.17) is 48.9 Å². The van der Waals surface area contributed by atoms with Gasteiger partial charge in [-0.05, 0) is 196 Å². The van der Waals surface area contributed by atoms with Crippen LogP contribution in [0.3, 0.4) is 0 Å². The summed E-state index contributed by atoms with van der Waals surface area (Å²) in [6.45, 7) is 45.4. The molecule has 8 aromatic rings. The van der Waals surface area contributed by atoms with E-state index in [1.165, 1.54) is 29.2 Å². The normalized spacial score (nSPS) is 12.3. The number of halogens is 1. The lowest BCUT2D eigenvalue weighted by Crippen LogP contribution is -2.45. The van der Waals surface area contributed by atoms with Crippen LogP contribution in [-0.2, 0) is 19.1 Å². The van der Waals surface area contributed by atoms with E-state index in [-0.39, 0.29) is 17.2 Å². The number of likely N-dealkylation sites (N-methyl/N-ethyl adjacent to an activating group) is 2. The van der Waals surface area contributed by atoms with Gasteiger partial charge in [-0.2, -0.15) is 0 Å². The molecule has 4 amide bonds. The highest BCUT2D eigenvalue weighted by atomic mass is 79.9. The number of amides is 4. The van der Waals surface area contributed by atoms with E-state index < -0.39 is 64.6 Å². The number of imidazole rings is 2. The molecule has 8 aromatic heterocycles. The molecule has 0 saturated heterocycles. The molecule has 0 aliphatic carbocycles. The van der Waals surface area contributed by atoms with Gasteiger partial charge < -0.3 is 39.6 Å². The highest BCUT2D eigenvalue weighted by molar-refractivity contribution is 9.10. The van der Waals surface area contributed by atoms with Crippen molar-refractivity contribution in [1.82, 2.24) is 48.5 Å². The Bertz CT molecular complexity index is 4460. The van der Waals surface area contributed by atoms with E-state index in [0.717, 1.165) is 50.5 Å². The Morgan fingerprint density at radius 1 is 0.538 bits per heavy atom. The van der Waals surface area contributed by atoms with Crippen LogP contribution in [-0.4, -0.2) is 157 Å². The third-order valence-electron chi connectivity index (χ3n) is 18.6. The Morgan fingerprint density at radius 2 is 0.923 bits per heavy atom. The van der Waals surface area contributed by atoms with Gasteiger partial charge in [-0.15, -0.1) is 11.1 Å². The second-order valence-electron chi connectivity index (χ2n) is 30.0. The number of rotatable bonds is 18. The molecule has 0 aliphatic heterocycles. The van der Waals surface area contributed by atoms with Crippen molar-refractivity contribution in [2.75, 3.05) is 38.9 Å². The summed E-state index contributed by atoms with van der Waals surface area (Å²) in [7, 11) is 0.304. The highest BCUT2D eigenvalue weighted by Gasteiger charge is 2.43. The van der Waals surface area contributed by atoms with Crippen LogP contribution in [0.2, 0.25) is 33.2 Å². The van der Waals surface area contributed by atoms with Crippen molar-refractivity contribution in [2.24, 2.45) is 0 Å². The lowest BCUT2D eigenvalue weighted by Gasteiger charge is -2.38. The van der Waals surface area contributed by atoms with Crippen LogP contribution in [0.15, 0.2) is 102 Å². The summed E-state index contributed by atoms with van der Waals surface area (Å²) < 4.78 is 26.1. The van der Waals surface area contributed by atoms with E-state index in [1.54, 1.807) is 101 Å². The van der Waals surface area contributed by atoms with Gasteiger partial charge in [0.2, 0.25) is 23.6 Å². The molecular formula is C78H106BBrN12O10Si2. The average molecular weight is 1520 g/mol. The summed E-state index contributed by atoms with van der Waals surface area (Å²) >= 11 is 3.68. The first-order valence-corrected chi connectivity index (χ1v) is 40.4. The predicted octanol–water partition coefficient (Wildman–Crippen LogP) is 15.5. The minimum atomic E-state index is -2.19. The number of fused-ring (bicyclic) bond motifs is 2. The number of hydrogen-bond donors (Lipinski definition) is 4. The molecule has 0 spiro atoms. The maximum Gasteiger partial charge on any atom is 0.493 e. The number of carbonyl (C=O) groups is 4. The number of ether oxygens (including phenoxy) is 4. The van der Waals surface area contributed by atoms with E-state index in [9.17, 15) is 19.2 Å². The number of aryl methyl sites for hydroxylation is 2. The third kappa shape index (κ3) is 19.9. The van der Waals surface area contributed by atoms with Gasteiger partial charge in [0.25, 0.3) is 0 Å². The number of hydrogen-bond acceptors (Lipinski definition) is 16. The van der Waals surface area contributed by atoms with E-state index >= 15 is 0 Å². The fraction of sp³-hybridized carbons (Fsp3) is 0.462. The molecule has 104 heavy (non-hydrogen) atoms. The van der Waals surface area contributed by atoms with Crippen LogP contribution in [0.25, 0.3) is 45.1 Å². The summed E-state index contributed by atoms with van der Waals surface area (Å²) in [5.74, 6) is 7.64. The molecule has 4 N–H and O–H groups in total. The molecule has 0 fully saturated rings. The highest BCUT2D eigenvalue weighted by Crippen LogP contribution is 2.44. The molecule has 8 rings (SSSR count). The van der Waals surface area contributed by atoms with Crippen molar-refractivity contribution in [2.45, 2.75) is 209 Å². The average Bonchev–Trinajstić information content (AvgIpc) is 1.52. The fourth-order valence-electron chi connectivity index (χ4n) is 13.1. The molecule has 0 aromatic carbocycles. The lowest BCUT2D eigenvalue weighted by atomic mass is 9.81. The molecule has 8 heterocycles. The van der Waals surface area contributed by atoms with Gasteiger partial charge in [-0.25, -0.2) is 39.5 Å². The smallest absolute Gasteiger partial charge is 0.481 e. The number of aromatic nitrogens is 8. The second-order valence-corrected chi connectivity index (χ2v) is 41.9. The van der Waals surface area contributed by atoms with Crippen molar-refractivity contribution in [3.8, 4) is 68.5 Å². The zero-order chi connectivity index (χ0) is 77.8. The van der Waals surface area contributed by atoms with Crippen molar-refractivity contribution in [1.29, 1.82) is 0 Å². The number of methoxy groups -OCH3 is 2. The molecule has 0 aliphatic rings.